The van der Waals surface area contributed by atoms with Crippen LogP contribution in [0.5, 0.6) is 0 Å². The first-order valence-electron chi connectivity index (χ1n) is 6.52. The Bertz CT molecular complexity index is 566. The summed E-state index contributed by atoms with van der Waals surface area (Å²) >= 11 is 0. The summed E-state index contributed by atoms with van der Waals surface area (Å²) in [6.07, 6.45) is 2.96. The fourth-order valence-corrected chi connectivity index (χ4v) is 2.88. The topological polar surface area (TPSA) is 55.1 Å². The van der Waals surface area contributed by atoms with E-state index in [4.69, 9.17) is 0 Å². The second kappa shape index (κ2) is 4.02. The lowest BCUT2D eigenvalue weighted by atomic mass is 9.75. The van der Waals surface area contributed by atoms with Crippen molar-refractivity contribution in [1.82, 2.24) is 24.9 Å². The summed E-state index contributed by atoms with van der Waals surface area (Å²) in [5.74, 6) is 1.58. The summed E-state index contributed by atoms with van der Waals surface area (Å²) in [6.45, 7) is 8.51. The molecule has 0 aliphatic carbocycles. The molecule has 2 aromatic heterocycles. The van der Waals surface area contributed by atoms with Crippen molar-refractivity contribution in [3.05, 3.63) is 23.9 Å². The van der Waals surface area contributed by atoms with Gasteiger partial charge in [0.1, 0.15) is 12.2 Å². The first-order valence-corrected chi connectivity index (χ1v) is 6.52. The number of hydrogen-bond donors (Lipinski definition) is 1. The Morgan fingerprint density at radius 2 is 2.22 bits per heavy atom. The molecule has 1 atom stereocenters. The Kier molecular flexibility index (Phi) is 2.59. The number of nitrogens with zero attached hydrogens (tertiary/aromatic N) is 4. The predicted octanol–water partition coefficient (Wildman–Crippen LogP) is 1.32. The molecule has 0 amide bonds. The van der Waals surface area contributed by atoms with Crippen LogP contribution in [0.4, 0.5) is 0 Å². The fourth-order valence-electron chi connectivity index (χ4n) is 2.88. The summed E-state index contributed by atoms with van der Waals surface area (Å²) in [7, 11) is 0. The van der Waals surface area contributed by atoms with Gasteiger partial charge in [-0.3, -0.25) is 4.40 Å². The lowest BCUT2D eigenvalue weighted by Gasteiger charge is -2.30. The number of aryl methyl sites for hydroxylation is 1. The number of hydrogen-bond acceptors (Lipinski definition) is 4. The Morgan fingerprint density at radius 1 is 1.39 bits per heavy atom. The Hall–Kier alpha value is -1.49. The lowest BCUT2D eigenvalue weighted by molar-refractivity contribution is 0.315. The standard InChI is InChI=1S/C13H19N5/c1-9(2)13(4-5-14-7-13)12-17-16-11-6-10(3)15-8-18(11)12/h6,8-9,14H,4-5,7H2,1-3H3. The molecule has 5 nitrogen and oxygen atoms in total. The molecule has 1 unspecified atom stereocenters. The average Bonchev–Trinajstić information content (AvgIpc) is 2.93. The van der Waals surface area contributed by atoms with E-state index in [9.17, 15) is 0 Å². The van der Waals surface area contributed by atoms with Gasteiger partial charge in [-0.15, -0.1) is 10.2 Å². The molecule has 1 aliphatic rings. The molecule has 1 saturated heterocycles. The molecule has 0 spiro atoms. The molecule has 18 heavy (non-hydrogen) atoms. The molecule has 0 saturated carbocycles. The maximum atomic E-state index is 4.44. The van der Waals surface area contributed by atoms with E-state index in [0.29, 0.717) is 5.92 Å². The zero-order valence-electron chi connectivity index (χ0n) is 11.1. The molecule has 0 aromatic carbocycles. The molecule has 5 heteroatoms. The molecule has 2 aromatic rings. The zero-order valence-corrected chi connectivity index (χ0v) is 11.1. The van der Waals surface area contributed by atoms with E-state index in [2.05, 4.69) is 34.3 Å². The van der Waals surface area contributed by atoms with Crippen molar-refractivity contribution in [2.75, 3.05) is 13.1 Å². The molecule has 3 heterocycles. The summed E-state index contributed by atoms with van der Waals surface area (Å²) in [6, 6.07) is 1.98. The molecule has 1 N–H and O–H groups in total. The van der Waals surface area contributed by atoms with Gasteiger partial charge in [0.15, 0.2) is 5.65 Å². The molecule has 0 bridgehead atoms. The molecule has 96 valence electrons. The SMILES string of the molecule is Cc1cc2nnc(C3(C(C)C)CCNC3)n2cn1. The quantitative estimate of drug-likeness (QED) is 0.867. The summed E-state index contributed by atoms with van der Waals surface area (Å²) in [5.41, 5.74) is 1.95. The highest BCUT2D eigenvalue weighted by molar-refractivity contribution is 5.39. The van der Waals surface area contributed by atoms with Crippen LogP contribution in [0.2, 0.25) is 0 Å². The zero-order chi connectivity index (χ0) is 12.8. The van der Waals surface area contributed by atoms with Crippen LogP contribution in [-0.2, 0) is 5.41 Å². The maximum absolute atomic E-state index is 4.44. The van der Waals surface area contributed by atoms with Gasteiger partial charge in [-0.2, -0.15) is 0 Å². The third-order valence-corrected chi connectivity index (χ3v) is 4.18. The van der Waals surface area contributed by atoms with Crippen LogP contribution < -0.4 is 5.32 Å². The van der Waals surface area contributed by atoms with Crippen LogP contribution in [0.25, 0.3) is 5.65 Å². The minimum absolute atomic E-state index is 0.0797. The summed E-state index contributed by atoms with van der Waals surface area (Å²) < 4.78 is 2.04. The summed E-state index contributed by atoms with van der Waals surface area (Å²) in [5, 5.41) is 12.2. The number of aromatic nitrogens is 4. The van der Waals surface area contributed by atoms with Gasteiger partial charge < -0.3 is 5.32 Å². The lowest BCUT2D eigenvalue weighted by Crippen LogP contribution is -2.36. The van der Waals surface area contributed by atoms with Gasteiger partial charge in [0.05, 0.1) is 0 Å². The van der Waals surface area contributed by atoms with E-state index in [1.807, 2.05) is 23.7 Å². The van der Waals surface area contributed by atoms with E-state index in [1.54, 1.807) is 0 Å². The molecule has 3 rings (SSSR count). The van der Waals surface area contributed by atoms with Crippen LogP contribution in [-0.4, -0.2) is 32.7 Å². The van der Waals surface area contributed by atoms with E-state index >= 15 is 0 Å². The van der Waals surface area contributed by atoms with Crippen molar-refractivity contribution >= 4 is 5.65 Å². The second-order valence-corrected chi connectivity index (χ2v) is 5.52. The van der Waals surface area contributed by atoms with Gasteiger partial charge >= 0.3 is 0 Å². The molecular weight excluding hydrogens is 226 g/mol. The third-order valence-electron chi connectivity index (χ3n) is 4.18. The Morgan fingerprint density at radius 3 is 2.89 bits per heavy atom. The Balaban J connectivity index is 2.18. The average molecular weight is 245 g/mol. The van der Waals surface area contributed by atoms with Crippen molar-refractivity contribution < 1.29 is 0 Å². The molecule has 1 fully saturated rings. The maximum Gasteiger partial charge on any atom is 0.163 e. The van der Waals surface area contributed by atoms with E-state index in [-0.39, 0.29) is 5.41 Å². The van der Waals surface area contributed by atoms with Crippen LogP contribution >= 0.6 is 0 Å². The smallest absolute Gasteiger partial charge is 0.163 e. The molecule has 1 aliphatic heterocycles. The van der Waals surface area contributed by atoms with Gasteiger partial charge in [-0.05, 0) is 25.8 Å². The predicted molar refractivity (Wildman–Crippen MR) is 69.5 cm³/mol. The third kappa shape index (κ3) is 1.54. The van der Waals surface area contributed by atoms with Crippen molar-refractivity contribution in [3.8, 4) is 0 Å². The van der Waals surface area contributed by atoms with Crippen molar-refractivity contribution in [3.63, 3.8) is 0 Å². The van der Waals surface area contributed by atoms with Gasteiger partial charge in [0.25, 0.3) is 0 Å². The minimum atomic E-state index is 0.0797. The normalized spacial score (nSPS) is 24.2. The number of nitrogens with one attached hydrogen (secondary N) is 1. The van der Waals surface area contributed by atoms with E-state index in [1.165, 1.54) is 0 Å². The first kappa shape index (κ1) is 11.6. The largest absolute Gasteiger partial charge is 0.316 e. The van der Waals surface area contributed by atoms with Crippen LogP contribution in [0, 0.1) is 12.8 Å². The minimum Gasteiger partial charge on any atom is -0.316 e. The first-order chi connectivity index (χ1) is 8.63. The number of rotatable bonds is 2. The molecular formula is C13H19N5. The highest BCUT2D eigenvalue weighted by Crippen LogP contribution is 2.36. The van der Waals surface area contributed by atoms with E-state index < -0.39 is 0 Å². The van der Waals surface area contributed by atoms with Gasteiger partial charge in [-0.25, -0.2) is 4.98 Å². The summed E-state index contributed by atoms with van der Waals surface area (Å²) in [4.78, 5) is 4.36. The van der Waals surface area contributed by atoms with Crippen molar-refractivity contribution in [1.29, 1.82) is 0 Å². The van der Waals surface area contributed by atoms with Gasteiger partial charge in [0.2, 0.25) is 0 Å². The molecule has 0 radical (unpaired) electrons. The van der Waals surface area contributed by atoms with Crippen molar-refractivity contribution in [2.45, 2.75) is 32.6 Å². The van der Waals surface area contributed by atoms with Crippen LogP contribution in [0.15, 0.2) is 12.4 Å². The second-order valence-electron chi connectivity index (χ2n) is 5.52. The monoisotopic (exact) mass is 245 g/mol. The van der Waals surface area contributed by atoms with Gasteiger partial charge in [-0.1, -0.05) is 13.8 Å². The Labute approximate surface area is 107 Å². The van der Waals surface area contributed by atoms with Crippen LogP contribution in [0.3, 0.4) is 0 Å². The highest BCUT2D eigenvalue weighted by Gasteiger charge is 2.42. The van der Waals surface area contributed by atoms with Crippen LogP contribution in [0.1, 0.15) is 31.8 Å². The fraction of sp³-hybridized carbons (Fsp3) is 0.615. The van der Waals surface area contributed by atoms with Crippen molar-refractivity contribution in [2.24, 2.45) is 5.92 Å². The van der Waals surface area contributed by atoms with E-state index in [0.717, 1.165) is 36.7 Å². The van der Waals surface area contributed by atoms with Gasteiger partial charge in [0, 0.05) is 23.7 Å². The highest BCUT2D eigenvalue weighted by atomic mass is 15.3. The number of fused-ring (bicyclic) bond motifs is 1.